The van der Waals surface area contributed by atoms with Crippen LogP contribution >= 0.6 is 0 Å². The molecule has 4 heterocycles. The molecule has 5 rings (SSSR count). The predicted molar refractivity (Wildman–Crippen MR) is 119 cm³/mol. The van der Waals surface area contributed by atoms with E-state index in [1.807, 2.05) is 12.1 Å². The number of aromatic amines is 1. The van der Waals surface area contributed by atoms with Gasteiger partial charge in [-0.05, 0) is 43.0 Å². The van der Waals surface area contributed by atoms with Crippen LogP contribution in [0, 0.1) is 18.3 Å². The van der Waals surface area contributed by atoms with Crippen LogP contribution in [0.15, 0.2) is 28.9 Å². The fourth-order valence-corrected chi connectivity index (χ4v) is 4.44. The number of aryl methyl sites for hydroxylation is 1. The number of nitrogens with zero attached hydrogens (tertiary/aromatic N) is 5. The molecule has 0 radical (unpaired) electrons. The molecule has 2 N–H and O–H groups in total. The lowest BCUT2D eigenvalue weighted by Gasteiger charge is -2.32. The molecule has 1 aliphatic heterocycles. The van der Waals surface area contributed by atoms with Crippen molar-refractivity contribution in [2.45, 2.75) is 44.9 Å². The lowest BCUT2D eigenvalue weighted by Crippen LogP contribution is -2.39. The summed E-state index contributed by atoms with van der Waals surface area (Å²) in [5, 5.41) is 13.5. The van der Waals surface area contributed by atoms with E-state index in [4.69, 9.17) is 9.68 Å². The molecular weight excluding hydrogens is 447 g/mol. The highest BCUT2D eigenvalue weighted by Gasteiger charge is 2.31. The molecular formula is C23H22F3N7O. The Morgan fingerprint density at radius 2 is 2.06 bits per heavy atom. The van der Waals surface area contributed by atoms with Gasteiger partial charge >= 0.3 is 6.18 Å². The molecule has 3 aromatic heterocycles. The van der Waals surface area contributed by atoms with Crippen LogP contribution in [0.4, 0.5) is 19.0 Å². The zero-order valence-electron chi connectivity index (χ0n) is 18.4. The van der Waals surface area contributed by atoms with Crippen molar-refractivity contribution < 1.29 is 17.6 Å². The van der Waals surface area contributed by atoms with Crippen molar-refractivity contribution >= 4 is 28.0 Å². The fourth-order valence-electron chi connectivity index (χ4n) is 4.44. The minimum Gasteiger partial charge on any atom is -0.435 e. The van der Waals surface area contributed by atoms with Crippen LogP contribution in [0.25, 0.3) is 22.1 Å². The average molecular weight is 469 g/mol. The molecule has 4 aromatic rings. The van der Waals surface area contributed by atoms with Crippen molar-refractivity contribution in [1.82, 2.24) is 24.8 Å². The van der Waals surface area contributed by atoms with Gasteiger partial charge in [0.15, 0.2) is 5.82 Å². The Bertz CT molecular complexity index is 1380. The maximum atomic E-state index is 12.7. The van der Waals surface area contributed by atoms with Gasteiger partial charge in [-0.1, -0.05) is 6.07 Å². The number of nitriles is 1. The summed E-state index contributed by atoms with van der Waals surface area (Å²) < 4.78 is 43.4. The molecule has 0 saturated carbocycles. The van der Waals surface area contributed by atoms with Crippen molar-refractivity contribution in [1.29, 1.82) is 5.26 Å². The van der Waals surface area contributed by atoms with Gasteiger partial charge in [0.1, 0.15) is 24.5 Å². The van der Waals surface area contributed by atoms with E-state index in [-0.39, 0.29) is 17.3 Å². The summed E-state index contributed by atoms with van der Waals surface area (Å²) in [6.07, 6.45) is -2.68. The number of rotatable bonds is 5. The first-order chi connectivity index (χ1) is 16.3. The van der Waals surface area contributed by atoms with Crippen molar-refractivity contribution in [3.8, 4) is 6.07 Å². The van der Waals surface area contributed by atoms with Crippen LogP contribution < -0.4 is 5.32 Å². The Kier molecular flexibility index (Phi) is 5.61. The van der Waals surface area contributed by atoms with E-state index in [1.165, 1.54) is 17.5 Å². The molecule has 0 atom stereocenters. The maximum absolute atomic E-state index is 12.7. The van der Waals surface area contributed by atoms with E-state index in [2.05, 4.69) is 49.2 Å². The standard InChI is InChI=1S/C23H22F3N7O/c1-13-14(2-3-18-17(13)8-16(10-27)30-18)11-33-6-4-15(5-7-33)31-21-20-22(29-12-28-21)32-19(34-20)9-23(24,25)26/h2-3,8,12,15,30H,4-7,9,11H2,1H3,(H,28,29,31). The zero-order chi connectivity index (χ0) is 23.9. The van der Waals surface area contributed by atoms with Crippen LogP contribution in [0.5, 0.6) is 0 Å². The number of benzene rings is 1. The van der Waals surface area contributed by atoms with Crippen molar-refractivity contribution in [3.05, 3.63) is 47.2 Å². The van der Waals surface area contributed by atoms with Gasteiger partial charge in [0.2, 0.25) is 17.1 Å². The van der Waals surface area contributed by atoms with Crippen LogP contribution in [0.2, 0.25) is 0 Å². The highest BCUT2D eigenvalue weighted by Crippen LogP contribution is 2.28. The normalized spacial score (nSPS) is 15.7. The van der Waals surface area contributed by atoms with Crippen LogP contribution in [0.1, 0.15) is 35.6 Å². The second kappa shape index (κ2) is 8.61. The number of fused-ring (bicyclic) bond motifs is 2. The third-order valence-electron chi connectivity index (χ3n) is 6.22. The number of oxazole rings is 1. The van der Waals surface area contributed by atoms with Gasteiger partial charge < -0.3 is 14.7 Å². The third kappa shape index (κ3) is 4.54. The van der Waals surface area contributed by atoms with E-state index < -0.39 is 18.5 Å². The highest BCUT2D eigenvalue weighted by atomic mass is 19.4. The predicted octanol–water partition coefficient (Wildman–Crippen LogP) is 4.46. The second-order valence-electron chi connectivity index (χ2n) is 8.58. The topological polar surface area (TPSA) is 107 Å². The van der Waals surface area contributed by atoms with Crippen LogP contribution in [-0.4, -0.2) is 50.1 Å². The monoisotopic (exact) mass is 469 g/mol. The molecule has 0 bridgehead atoms. The average Bonchev–Trinajstić information content (AvgIpc) is 3.40. The van der Waals surface area contributed by atoms with Gasteiger partial charge in [0, 0.05) is 36.6 Å². The minimum atomic E-state index is -4.41. The van der Waals surface area contributed by atoms with Gasteiger partial charge in [-0.2, -0.15) is 23.4 Å². The van der Waals surface area contributed by atoms with Crippen molar-refractivity contribution in [2.75, 3.05) is 18.4 Å². The molecule has 34 heavy (non-hydrogen) atoms. The molecule has 1 aromatic carbocycles. The molecule has 1 aliphatic rings. The smallest absolute Gasteiger partial charge is 0.397 e. The van der Waals surface area contributed by atoms with E-state index >= 15 is 0 Å². The molecule has 0 spiro atoms. The minimum absolute atomic E-state index is 0.108. The SMILES string of the molecule is Cc1c(CN2CCC(Nc3ncnc4nc(CC(F)(F)F)oc34)CC2)ccc2[nH]c(C#N)cc12. The lowest BCUT2D eigenvalue weighted by molar-refractivity contribution is -0.130. The summed E-state index contributed by atoms with van der Waals surface area (Å²) in [5.41, 5.74) is 4.17. The van der Waals surface area contributed by atoms with E-state index in [9.17, 15) is 13.2 Å². The van der Waals surface area contributed by atoms with E-state index in [0.29, 0.717) is 11.5 Å². The number of halogens is 3. The summed E-state index contributed by atoms with van der Waals surface area (Å²) in [7, 11) is 0. The Labute approximate surface area is 192 Å². The number of hydrogen-bond acceptors (Lipinski definition) is 7. The summed E-state index contributed by atoms with van der Waals surface area (Å²) in [6.45, 7) is 4.60. The zero-order valence-corrected chi connectivity index (χ0v) is 18.4. The number of hydrogen-bond donors (Lipinski definition) is 2. The number of alkyl halides is 3. The van der Waals surface area contributed by atoms with Crippen molar-refractivity contribution in [3.63, 3.8) is 0 Å². The van der Waals surface area contributed by atoms with E-state index in [1.54, 1.807) is 0 Å². The first-order valence-electron chi connectivity index (χ1n) is 11.0. The number of anilines is 1. The van der Waals surface area contributed by atoms with Crippen molar-refractivity contribution in [2.24, 2.45) is 0 Å². The Morgan fingerprint density at radius 1 is 1.26 bits per heavy atom. The van der Waals surface area contributed by atoms with Gasteiger partial charge in [-0.3, -0.25) is 4.90 Å². The van der Waals surface area contributed by atoms with Gasteiger partial charge in [-0.15, -0.1) is 0 Å². The quantitative estimate of drug-likeness (QED) is 0.444. The maximum Gasteiger partial charge on any atom is 0.397 e. The summed E-state index contributed by atoms with van der Waals surface area (Å²) in [4.78, 5) is 17.4. The third-order valence-corrected chi connectivity index (χ3v) is 6.22. The van der Waals surface area contributed by atoms with Gasteiger partial charge in [0.25, 0.3) is 0 Å². The number of nitrogens with one attached hydrogen (secondary N) is 2. The van der Waals surface area contributed by atoms with Gasteiger partial charge in [-0.25, -0.2) is 9.97 Å². The first-order valence-corrected chi connectivity index (χ1v) is 11.0. The Hall–Kier alpha value is -3.65. The fraction of sp³-hybridized carbons (Fsp3) is 0.391. The summed E-state index contributed by atoms with van der Waals surface area (Å²) in [5.74, 6) is -0.0519. The molecule has 176 valence electrons. The number of likely N-dealkylation sites (tertiary alicyclic amines) is 1. The lowest BCUT2D eigenvalue weighted by atomic mass is 10.0. The van der Waals surface area contributed by atoms with E-state index in [0.717, 1.165) is 43.4 Å². The molecule has 1 fully saturated rings. The number of piperidine rings is 1. The molecule has 1 saturated heterocycles. The Morgan fingerprint density at radius 3 is 2.79 bits per heavy atom. The summed E-state index contributed by atoms with van der Waals surface area (Å²) in [6, 6.07) is 8.25. The van der Waals surface area contributed by atoms with Crippen LogP contribution in [-0.2, 0) is 13.0 Å². The molecule has 0 unspecified atom stereocenters. The first kappa shape index (κ1) is 22.2. The summed E-state index contributed by atoms with van der Waals surface area (Å²) >= 11 is 0. The number of aromatic nitrogens is 4. The van der Waals surface area contributed by atoms with Crippen LogP contribution in [0.3, 0.4) is 0 Å². The molecule has 8 nitrogen and oxygen atoms in total. The Balaban J connectivity index is 1.23. The molecule has 0 aliphatic carbocycles. The second-order valence-corrected chi connectivity index (χ2v) is 8.58. The highest BCUT2D eigenvalue weighted by molar-refractivity contribution is 5.85. The molecule has 0 amide bonds. The largest absolute Gasteiger partial charge is 0.435 e. The van der Waals surface area contributed by atoms with Gasteiger partial charge in [0.05, 0.1) is 0 Å². The number of H-pyrrole nitrogens is 1. The molecule has 11 heteroatoms.